The van der Waals surface area contributed by atoms with Crippen molar-refractivity contribution in [3.63, 3.8) is 0 Å². The van der Waals surface area contributed by atoms with E-state index in [1.165, 1.54) is 23.2 Å². The number of hydrogen-bond acceptors (Lipinski definition) is 5. The van der Waals surface area contributed by atoms with Gasteiger partial charge in [-0.05, 0) is 30.3 Å². The summed E-state index contributed by atoms with van der Waals surface area (Å²) in [6, 6.07) is 12.6. The van der Waals surface area contributed by atoms with Crippen LogP contribution in [0, 0.1) is 5.82 Å². The second-order valence-corrected chi connectivity index (χ2v) is 5.27. The zero-order chi connectivity index (χ0) is 16.0. The Hall–Kier alpha value is -3.09. The van der Waals surface area contributed by atoms with Crippen LogP contribution in [0.1, 0.15) is 0 Å². The van der Waals surface area contributed by atoms with Gasteiger partial charge in [-0.15, -0.1) is 0 Å². The third-order valence-electron chi connectivity index (χ3n) is 3.87. The predicted molar refractivity (Wildman–Crippen MR) is 80.2 cm³/mol. The molecule has 0 aromatic heterocycles. The van der Waals surface area contributed by atoms with E-state index in [1.54, 1.807) is 36.4 Å². The summed E-state index contributed by atoms with van der Waals surface area (Å²) < 4.78 is 13.4. The molecule has 7 heteroatoms. The summed E-state index contributed by atoms with van der Waals surface area (Å²) in [6.07, 6.45) is 0. The van der Waals surface area contributed by atoms with Crippen molar-refractivity contribution in [2.75, 3.05) is 9.91 Å². The predicted octanol–water partition coefficient (Wildman–Crippen LogP) is 2.32. The summed E-state index contributed by atoms with van der Waals surface area (Å²) in [4.78, 5) is 26.3. The molecule has 4 rings (SSSR count). The smallest absolute Gasteiger partial charge is 0.263 e. The Morgan fingerprint density at radius 2 is 1.65 bits per heavy atom. The second kappa shape index (κ2) is 4.98. The van der Waals surface area contributed by atoms with E-state index < -0.39 is 29.7 Å². The average Bonchev–Trinajstić information content (AvgIpc) is 3.09. The molecule has 0 aliphatic carbocycles. The van der Waals surface area contributed by atoms with Crippen LogP contribution in [0.25, 0.3) is 0 Å². The molecule has 114 valence electrons. The van der Waals surface area contributed by atoms with Gasteiger partial charge in [0.2, 0.25) is 0 Å². The fraction of sp³-hybridized carbons (Fsp3) is 0.125. The normalized spacial score (nSPS) is 22.8. The van der Waals surface area contributed by atoms with Gasteiger partial charge in [0.15, 0.2) is 12.1 Å². The largest absolute Gasteiger partial charge is 0.271 e. The maximum atomic E-state index is 13.4. The molecule has 2 aromatic carbocycles. The van der Waals surface area contributed by atoms with Crippen molar-refractivity contribution >= 4 is 23.2 Å². The van der Waals surface area contributed by atoms with Crippen LogP contribution in [-0.4, -0.2) is 23.9 Å². The fourth-order valence-electron chi connectivity index (χ4n) is 2.82. The molecule has 0 radical (unpaired) electrons. The van der Waals surface area contributed by atoms with Crippen LogP contribution in [0.2, 0.25) is 0 Å². The molecule has 1 fully saturated rings. The molecule has 0 bridgehead atoms. The Balaban J connectivity index is 1.72. The SMILES string of the molecule is O=C1[C@H]2N=NN(c3cccc(F)c3)[C@@H]2C(=O)N1c1ccccc1. The first-order chi connectivity index (χ1) is 11.2. The standard InChI is InChI=1S/C16H11FN4O2/c17-10-5-4-8-12(9-10)21-14-13(18-19-21)15(22)20(16(14)23)11-6-2-1-3-7-11/h1-9,13-14H/t13-,14-/m0/s1. The minimum Gasteiger partial charge on any atom is -0.271 e. The number of amides is 2. The first-order valence-electron chi connectivity index (χ1n) is 7.05. The van der Waals surface area contributed by atoms with Crippen molar-refractivity contribution in [3.05, 3.63) is 60.4 Å². The number of rotatable bonds is 2. The highest BCUT2D eigenvalue weighted by Crippen LogP contribution is 2.34. The minimum atomic E-state index is -0.897. The summed E-state index contributed by atoms with van der Waals surface area (Å²) in [5, 5.41) is 9.10. The van der Waals surface area contributed by atoms with Crippen molar-refractivity contribution in [3.8, 4) is 0 Å². The summed E-state index contributed by atoms with van der Waals surface area (Å²) >= 11 is 0. The number of nitrogens with zero attached hydrogens (tertiary/aromatic N) is 4. The number of hydrogen-bond donors (Lipinski definition) is 0. The molecule has 2 aliphatic rings. The third kappa shape index (κ3) is 2.01. The van der Waals surface area contributed by atoms with Crippen molar-refractivity contribution in [1.82, 2.24) is 0 Å². The zero-order valence-corrected chi connectivity index (χ0v) is 11.8. The van der Waals surface area contributed by atoms with Crippen LogP contribution in [0.3, 0.4) is 0 Å². The van der Waals surface area contributed by atoms with Crippen LogP contribution < -0.4 is 9.91 Å². The number of benzene rings is 2. The van der Waals surface area contributed by atoms with Crippen LogP contribution in [-0.2, 0) is 9.59 Å². The Bertz CT molecular complexity index is 824. The molecule has 2 amide bonds. The Kier molecular flexibility index (Phi) is 2.94. The van der Waals surface area contributed by atoms with Crippen molar-refractivity contribution in [2.45, 2.75) is 12.1 Å². The molecule has 2 aromatic rings. The molecule has 0 saturated carbocycles. The van der Waals surface area contributed by atoms with Gasteiger partial charge in [0.1, 0.15) is 5.82 Å². The van der Waals surface area contributed by atoms with Gasteiger partial charge in [0, 0.05) is 0 Å². The average molecular weight is 310 g/mol. The molecule has 0 unspecified atom stereocenters. The summed E-state index contributed by atoms with van der Waals surface area (Å²) in [5.41, 5.74) is 0.878. The number of anilines is 2. The van der Waals surface area contributed by atoms with E-state index >= 15 is 0 Å². The number of carbonyl (C=O) groups excluding carboxylic acids is 2. The molecule has 0 N–H and O–H groups in total. The van der Waals surface area contributed by atoms with Gasteiger partial charge in [-0.25, -0.2) is 14.3 Å². The molecule has 6 nitrogen and oxygen atoms in total. The summed E-state index contributed by atoms with van der Waals surface area (Å²) in [5.74, 6) is -1.29. The minimum absolute atomic E-state index is 0.386. The van der Waals surface area contributed by atoms with E-state index in [0.29, 0.717) is 11.4 Å². The topological polar surface area (TPSA) is 65.3 Å². The van der Waals surface area contributed by atoms with Crippen molar-refractivity contribution in [1.29, 1.82) is 0 Å². The molecular weight excluding hydrogens is 299 g/mol. The van der Waals surface area contributed by atoms with Crippen LogP contribution in [0.5, 0.6) is 0 Å². The number of halogens is 1. The number of para-hydroxylation sites is 1. The highest BCUT2D eigenvalue weighted by atomic mass is 19.1. The van der Waals surface area contributed by atoms with Gasteiger partial charge in [0.25, 0.3) is 11.8 Å². The number of carbonyl (C=O) groups is 2. The molecule has 0 spiro atoms. The first-order valence-corrected chi connectivity index (χ1v) is 7.05. The third-order valence-corrected chi connectivity index (χ3v) is 3.87. The van der Waals surface area contributed by atoms with Gasteiger partial charge in [0.05, 0.1) is 11.4 Å². The molecule has 2 heterocycles. The summed E-state index contributed by atoms with van der Waals surface area (Å²) in [7, 11) is 0. The Morgan fingerprint density at radius 1 is 0.913 bits per heavy atom. The van der Waals surface area contributed by atoms with Gasteiger partial charge >= 0.3 is 0 Å². The lowest BCUT2D eigenvalue weighted by Gasteiger charge is -2.20. The van der Waals surface area contributed by atoms with Crippen LogP contribution >= 0.6 is 0 Å². The number of fused-ring (bicyclic) bond motifs is 1. The molecule has 23 heavy (non-hydrogen) atoms. The van der Waals surface area contributed by atoms with Gasteiger partial charge in [-0.2, -0.15) is 5.11 Å². The van der Waals surface area contributed by atoms with E-state index in [4.69, 9.17) is 0 Å². The van der Waals surface area contributed by atoms with Gasteiger partial charge < -0.3 is 0 Å². The highest BCUT2D eigenvalue weighted by molar-refractivity contribution is 6.26. The Morgan fingerprint density at radius 3 is 2.39 bits per heavy atom. The monoisotopic (exact) mass is 310 g/mol. The van der Waals surface area contributed by atoms with E-state index in [0.717, 1.165) is 4.90 Å². The van der Waals surface area contributed by atoms with E-state index in [9.17, 15) is 14.0 Å². The maximum Gasteiger partial charge on any atom is 0.263 e. The second-order valence-electron chi connectivity index (χ2n) is 5.27. The lowest BCUT2D eigenvalue weighted by Crippen LogP contribution is -2.39. The Labute approximate surface area is 130 Å². The van der Waals surface area contributed by atoms with Gasteiger partial charge in [-0.3, -0.25) is 9.59 Å². The van der Waals surface area contributed by atoms with E-state index in [2.05, 4.69) is 10.3 Å². The van der Waals surface area contributed by atoms with E-state index in [1.807, 2.05) is 0 Å². The molecular formula is C16H11FN4O2. The number of imide groups is 1. The van der Waals surface area contributed by atoms with Crippen molar-refractivity contribution < 1.29 is 14.0 Å². The summed E-state index contributed by atoms with van der Waals surface area (Å²) in [6.45, 7) is 0. The lowest BCUT2D eigenvalue weighted by atomic mass is 10.1. The van der Waals surface area contributed by atoms with Gasteiger partial charge in [-0.1, -0.05) is 29.5 Å². The van der Waals surface area contributed by atoms with Crippen LogP contribution in [0.15, 0.2) is 64.9 Å². The molecule has 2 atom stereocenters. The quantitative estimate of drug-likeness (QED) is 0.800. The fourth-order valence-corrected chi connectivity index (χ4v) is 2.82. The molecule has 1 saturated heterocycles. The first kappa shape index (κ1) is 13.6. The van der Waals surface area contributed by atoms with E-state index in [-0.39, 0.29) is 0 Å². The maximum absolute atomic E-state index is 13.4. The highest BCUT2D eigenvalue weighted by Gasteiger charge is 2.55. The lowest BCUT2D eigenvalue weighted by molar-refractivity contribution is -0.121. The van der Waals surface area contributed by atoms with Crippen molar-refractivity contribution in [2.24, 2.45) is 10.3 Å². The zero-order valence-electron chi connectivity index (χ0n) is 11.8. The molecule has 2 aliphatic heterocycles. The van der Waals surface area contributed by atoms with Crippen LogP contribution in [0.4, 0.5) is 15.8 Å².